The van der Waals surface area contributed by atoms with Crippen LogP contribution in [0.1, 0.15) is 73.9 Å². The Morgan fingerprint density at radius 1 is 1.29 bits per heavy atom. The van der Waals surface area contributed by atoms with E-state index >= 15 is 0 Å². The highest BCUT2D eigenvalue weighted by molar-refractivity contribution is 7.18. The molecule has 2 aromatic heterocycles. The van der Waals surface area contributed by atoms with Crippen LogP contribution in [0, 0.1) is 6.92 Å². The molecule has 2 heterocycles. The lowest BCUT2D eigenvalue weighted by molar-refractivity contribution is -0.128. The Morgan fingerprint density at radius 2 is 1.97 bits per heavy atom. The first-order valence-electron chi connectivity index (χ1n) is 10.6. The van der Waals surface area contributed by atoms with Gasteiger partial charge in [0.1, 0.15) is 10.9 Å². The predicted octanol–water partition coefficient (Wildman–Crippen LogP) is 5.76. The molecular formula is C25H34N2O3S. The fourth-order valence-electron chi connectivity index (χ4n) is 3.91. The molecule has 0 aliphatic heterocycles. The van der Waals surface area contributed by atoms with Crippen molar-refractivity contribution >= 4 is 39.6 Å². The Balaban J connectivity index is 0.00000166. The maximum absolute atomic E-state index is 12.1. The molecular weight excluding hydrogens is 408 g/mol. The largest absolute Gasteiger partial charge is 0.400 e. The van der Waals surface area contributed by atoms with Crippen LogP contribution in [0.25, 0.3) is 16.3 Å². The molecule has 0 radical (unpaired) electrons. The number of carbonyl (C=O) groups excluding carboxylic acids is 1. The topological polar surface area (TPSA) is 71.8 Å². The first-order valence-corrected chi connectivity index (χ1v) is 11.4. The number of carbonyl (C=O) groups is 1. The van der Waals surface area contributed by atoms with Crippen LogP contribution in [0.3, 0.4) is 0 Å². The molecule has 0 spiro atoms. The number of pyridine rings is 1. The number of rotatable bonds is 6. The molecule has 5 nitrogen and oxygen atoms in total. The third kappa shape index (κ3) is 5.97. The van der Waals surface area contributed by atoms with Gasteiger partial charge in [0.2, 0.25) is 0 Å². The van der Waals surface area contributed by atoms with Crippen LogP contribution in [0.2, 0.25) is 0 Å². The van der Waals surface area contributed by atoms with Crippen molar-refractivity contribution in [2.75, 3.05) is 7.11 Å². The van der Waals surface area contributed by atoms with Gasteiger partial charge in [-0.25, -0.2) is 4.98 Å². The zero-order valence-electron chi connectivity index (χ0n) is 19.5. The number of ether oxygens (including phenoxy) is 1. The second kappa shape index (κ2) is 10.9. The average Bonchev–Trinajstić information content (AvgIpc) is 3.09. The Hall–Kier alpha value is -2.15. The molecule has 0 aromatic carbocycles. The van der Waals surface area contributed by atoms with Crippen molar-refractivity contribution in [3.8, 4) is 0 Å². The van der Waals surface area contributed by atoms with Crippen LogP contribution in [0.15, 0.2) is 23.8 Å². The quantitative estimate of drug-likeness (QED) is 0.456. The molecule has 1 atom stereocenters. The van der Waals surface area contributed by atoms with Gasteiger partial charge >= 0.3 is 0 Å². The zero-order chi connectivity index (χ0) is 23.2. The van der Waals surface area contributed by atoms with Gasteiger partial charge in [-0.05, 0) is 77.5 Å². The van der Waals surface area contributed by atoms with Crippen molar-refractivity contribution in [3.63, 3.8) is 0 Å². The maximum Gasteiger partial charge on any atom is 0.153 e. The lowest BCUT2D eigenvalue weighted by Gasteiger charge is -2.26. The fraction of sp³-hybridized carbons (Fsp3) is 0.480. The van der Waals surface area contributed by atoms with Crippen LogP contribution >= 0.6 is 11.3 Å². The van der Waals surface area contributed by atoms with E-state index in [0.29, 0.717) is 0 Å². The van der Waals surface area contributed by atoms with Crippen LogP contribution in [-0.4, -0.2) is 34.8 Å². The number of aliphatic hydroxyl groups excluding tert-OH is 1. The standard InChI is InChI=1S/C24H30N2O2S.CH4O/c1-7-25-15(2)12-13-18-21(19(14-27)28-24(4,5)6)16(3)26-23-22(18)17-10-8-9-11-20(17)29-23;1-2/h7,12-14,19H,1,8-11H2,2-6H3;2H,1H3/b13-12+,25-15?;. The Labute approximate surface area is 189 Å². The van der Waals surface area contributed by atoms with E-state index in [-0.39, 0.29) is 0 Å². The highest BCUT2D eigenvalue weighted by Crippen LogP contribution is 2.41. The summed E-state index contributed by atoms with van der Waals surface area (Å²) in [7, 11) is 1.00. The van der Waals surface area contributed by atoms with Crippen LogP contribution in [-0.2, 0) is 22.4 Å². The van der Waals surface area contributed by atoms with E-state index in [0.717, 1.165) is 53.6 Å². The van der Waals surface area contributed by atoms with E-state index in [9.17, 15) is 4.79 Å². The fourth-order valence-corrected chi connectivity index (χ4v) is 5.23. The Morgan fingerprint density at radius 3 is 2.58 bits per heavy atom. The summed E-state index contributed by atoms with van der Waals surface area (Å²) < 4.78 is 6.13. The molecule has 6 heteroatoms. The van der Waals surface area contributed by atoms with E-state index in [4.69, 9.17) is 14.8 Å². The van der Waals surface area contributed by atoms with Crippen molar-refractivity contribution in [1.29, 1.82) is 0 Å². The van der Waals surface area contributed by atoms with E-state index in [2.05, 4.69) is 17.6 Å². The Bertz CT molecular complexity index is 997. The zero-order valence-corrected chi connectivity index (χ0v) is 20.3. The van der Waals surface area contributed by atoms with Crippen LogP contribution in [0.4, 0.5) is 0 Å². The lowest BCUT2D eigenvalue weighted by atomic mass is 9.91. The van der Waals surface area contributed by atoms with Gasteiger partial charge in [0, 0.05) is 40.5 Å². The number of nitrogens with zero attached hydrogens (tertiary/aromatic N) is 2. The van der Waals surface area contributed by atoms with Crippen molar-refractivity contribution < 1.29 is 14.6 Å². The second-order valence-electron chi connectivity index (χ2n) is 8.49. The van der Waals surface area contributed by atoms with Gasteiger partial charge in [-0.2, -0.15) is 0 Å². The molecule has 1 N–H and O–H groups in total. The molecule has 0 fully saturated rings. The predicted molar refractivity (Wildman–Crippen MR) is 131 cm³/mol. The Kier molecular flexibility index (Phi) is 8.86. The van der Waals surface area contributed by atoms with Gasteiger partial charge < -0.3 is 14.6 Å². The first-order chi connectivity index (χ1) is 14.7. The van der Waals surface area contributed by atoms with Gasteiger partial charge in [-0.1, -0.05) is 12.7 Å². The van der Waals surface area contributed by atoms with Crippen LogP contribution in [0.5, 0.6) is 0 Å². The number of fused-ring (bicyclic) bond motifs is 3. The number of aldehydes is 1. The molecule has 3 rings (SSSR count). The molecule has 1 aliphatic rings. The van der Waals surface area contributed by atoms with E-state index in [1.165, 1.54) is 34.9 Å². The molecule has 168 valence electrons. The van der Waals surface area contributed by atoms with Gasteiger partial charge in [-0.15, -0.1) is 11.3 Å². The summed E-state index contributed by atoms with van der Waals surface area (Å²) >= 11 is 1.79. The molecule has 1 aliphatic carbocycles. The van der Waals surface area contributed by atoms with Crippen LogP contribution < -0.4 is 0 Å². The first kappa shape index (κ1) is 25.1. The van der Waals surface area contributed by atoms with Crippen molar-refractivity contribution in [3.05, 3.63) is 46.1 Å². The summed E-state index contributed by atoms with van der Waals surface area (Å²) in [4.78, 5) is 23.7. The number of aliphatic imine (C=N–C) groups is 1. The third-order valence-corrected chi connectivity index (χ3v) is 6.23. The minimum Gasteiger partial charge on any atom is -0.400 e. The van der Waals surface area contributed by atoms with Gasteiger partial charge in [0.25, 0.3) is 0 Å². The maximum atomic E-state index is 12.1. The number of aryl methyl sites for hydroxylation is 3. The second-order valence-corrected chi connectivity index (χ2v) is 9.57. The minimum absolute atomic E-state index is 0.442. The SMILES string of the molecule is C=CN=C(C)/C=C/c1c(C(C=O)OC(C)(C)C)c(C)nc2sc3c(c12)CCCC3.CO. The van der Waals surface area contributed by atoms with E-state index < -0.39 is 11.7 Å². The minimum atomic E-state index is -0.665. The molecule has 0 saturated heterocycles. The molecule has 0 amide bonds. The van der Waals surface area contributed by atoms with Gasteiger partial charge in [0.15, 0.2) is 6.29 Å². The summed E-state index contributed by atoms with van der Waals surface area (Å²) in [6.45, 7) is 13.5. The molecule has 2 aromatic rings. The summed E-state index contributed by atoms with van der Waals surface area (Å²) in [5.41, 5.74) is 4.54. The summed E-state index contributed by atoms with van der Waals surface area (Å²) in [5, 5.41) is 8.18. The summed E-state index contributed by atoms with van der Waals surface area (Å²) in [5.74, 6) is 0. The van der Waals surface area contributed by atoms with Gasteiger partial charge in [-0.3, -0.25) is 4.99 Å². The molecule has 0 saturated carbocycles. The molecule has 0 bridgehead atoms. The summed E-state index contributed by atoms with van der Waals surface area (Å²) in [6.07, 6.45) is 10.4. The van der Waals surface area contributed by atoms with Crippen molar-refractivity contribution in [2.24, 2.45) is 4.99 Å². The molecule has 1 unspecified atom stereocenters. The van der Waals surface area contributed by atoms with E-state index in [1.54, 1.807) is 11.3 Å². The van der Waals surface area contributed by atoms with Gasteiger partial charge in [0.05, 0.1) is 5.60 Å². The lowest BCUT2D eigenvalue weighted by Crippen LogP contribution is -2.24. The monoisotopic (exact) mass is 442 g/mol. The number of aliphatic hydroxyl groups is 1. The number of allylic oxidation sites excluding steroid dienone is 1. The summed E-state index contributed by atoms with van der Waals surface area (Å²) in [6, 6.07) is 0. The molecule has 31 heavy (non-hydrogen) atoms. The number of aromatic nitrogens is 1. The number of thiophene rings is 1. The smallest absolute Gasteiger partial charge is 0.153 e. The van der Waals surface area contributed by atoms with E-state index in [1.807, 2.05) is 40.7 Å². The highest BCUT2D eigenvalue weighted by atomic mass is 32.1. The number of hydrogen-bond acceptors (Lipinski definition) is 6. The highest BCUT2D eigenvalue weighted by Gasteiger charge is 2.28. The van der Waals surface area contributed by atoms with Crippen molar-refractivity contribution in [1.82, 2.24) is 4.98 Å². The number of hydrogen-bond donors (Lipinski definition) is 1. The normalized spacial score (nSPS) is 15.4. The third-order valence-electron chi connectivity index (χ3n) is 5.05. The van der Waals surface area contributed by atoms with Crippen molar-refractivity contribution in [2.45, 2.75) is 72.0 Å². The average molecular weight is 443 g/mol.